The molecule has 2 heterocycles. The van der Waals surface area contributed by atoms with Gasteiger partial charge in [0.25, 0.3) is 0 Å². The number of hydrogen-bond acceptors (Lipinski definition) is 2. The molecule has 0 radical (unpaired) electrons. The van der Waals surface area contributed by atoms with Crippen LogP contribution < -0.4 is 5.32 Å². The Morgan fingerprint density at radius 2 is 1.96 bits per heavy atom. The van der Waals surface area contributed by atoms with Gasteiger partial charge in [0.2, 0.25) is 5.91 Å². The Bertz CT molecular complexity index is 677. The number of rotatable bonds is 3. The van der Waals surface area contributed by atoms with Gasteiger partial charge in [0.15, 0.2) is 0 Å². The number of piperidine rings is 1. The number of nitrogens with one attached hydrogen (secondary N) is 1. The van der Waals surface area contributed by atoms with E-state index < -0.39 is 0 Å². The molecule has 134 valence electrons. The molecule has 4 atom stereocenters. The highest BCUT2D eigenvalue weighted by Crippen LogP contribution is 2.47. The lowest BCUT2D eigenvalue weighted by molar-refractivity contribution is -0.117. The molecular weight excluding hydrogens is 308 g/mol. The van der Waals surface area contributed by atoms with Gasteiger partial charge in [-0.2, -0.15) is 0 Å². The van der Waals surface area contributed by atoms with Crippen molar-refractivity contribution in [3.05, 3.63) is 29.3 Å². The van der Waals surface area contributed by atoms with Gasteiger partial charge in [-0.25, -0.2) is 0 Å². The van der Waals surface area contributed by atoms with Gasteiger partial charge in [0.05, 0.1) is 5.92 Å². The van der Waals surface area contributed by atoms with Gasteiger partial charge in [0.1, 0.15) is 0 Å². The van der Waals surface area contributed by atoms with Gasteiger partial charge in [-0.05, 0) is 86.6 Å². The molecule has 2 aliphatic heterocycles. The quantitative estimate of drug-likeness (QED) is 0.880. The first-order chi connectivity index (χ1) is 12.2. The van der Waals surface area contributed by atoms with Crippen molar-refractivity contribution >= 4 is 11.6 Å². The van der Waals surface area contributed by atoms with E-state index in [0.29, 0.717) is 5.92 Å². The Labute approximate surface area is 151 Å². The Balaban J connectivity index is 1.26. The molecule has 2 bridgehead atoms. The van der Waals surface area contributed by atoms with Crippen molar-refractivity contribution < 1.29 is 4.79 Å². The number of carbonyl (C=O) groups excluding carboxylic acids is 1. The largest absolute Gasteiger partial charge is 0.325 e. The fourth-order valence-corrected chi connectivity index (χ4v) is 6.23. The summed E-state index contributed by atoms with van der Waals surface area (Å²) < 4.78 is 0. The average Bonchev–Trinajstić information content (AvgIpc) is 3.34. The monoisotopic (exact) mass is 338 g/mol. The van der Waals surface area contributed by atoms with Crippen molar-refractivity contribution in [2.24, 2.45) is 11.8 Å². The Morgan fingerprint density at radius 1 is 1.12 bits per heavy atom. The number of likely N-dealkylation sites (tertiary alicyclic amines) is 1. The van der Waals surface area contributed by atoms with Crippen molar-refractivity contribution in [2.45, 2.75) is 69.7 Å². The zero-order valence-electron chi connectivity index (χ0n) is 15.3. The molecule has 0 spiro atoms. The second-order valence-electron chi connectivity index (χ2n) is 8.85. The highest BCUT2D eigenvalue weighted by atomic mass is 16.2. The highest BCUT2D eigenvalue weighted by Gasteiger charge is 2.43. The summed E-state index contributed by atoms with van der Waals surface area (Å²) in [5.74, 6) is 2.95. The number of fused-ring (bicyclic) bond motifs is 3. The number of carbonyl (C=O) groups is 1. The van der Waals surface area contributed by atoms with Crippen molar-refractivity contribution in [1.82, 2.24) is 4.90 Å². The fraction of sp³-hybridized carbons (Fsp3) is 0.682. The minimum Gasteiger partial charge on any atom is -0.325 e. The van der Waals surface area contributed by atoms with E-state index >= 15 is 0 Å². The summed E-state index contributed by atoms with van der Waals surface area (Å²) in [6.45, 7) is 4.62. The lowest BCUT2D eigenvalue weighted by atomic mass is 9.85. The molecule has 1 amide bonds. The van der Waals surface area contributed by atoms with E-state index in [1.807, 2.05) is 0 Å². The molecule has 1 aromatic carbocycles. The van der Waals surface area contributed by atoms with E-state index in [1.54, 1.807) is 0 Å². The number of anilines is 1. The fourth-order valence-electron chi connectivity index (χ4n) is 6.23. The molecule has 2 aliphatic carbocycles. The molecule has 3 nitrogen and oxygen atoms in total. The van der Waals surface area contributed by atoms with Crippen molar-refractivity contribution in [3.8, 4) is 0 Å². The maximum absolute atomic E-state index is 12.1. The second kappa shape index (κ2) is 6.12. The van der Waals surface area contributed by atoms with Crippen LogP contribution >= 0.6 is 0 Å². The number of nitrogens with zero attached hydrogens (tertiary/aromatic N) is 1. The highest BCUT2D eigenvalue weighted by molar-refractivity contribution is 6.02. The smallest absolute Gasteiger partial charge is 0.231 e. The molecule has 2 saturated carbocycles. The first-order valence-corrected chi connectivity index (χ1v) is 10.4. The van der Waals surface area contributed by atoms with Gasteiger partial charge < -0.3 is 10.2 Å². The summed E-state index contributed by atoms with van der Waals surface area (Å²) in [6.07, 6.45) is 9.40. The predicted octanol–water partition coefficient (Wildman–Crippen LogP) is 4.50. The van der Waals surface area contributed by atoms with Crippen molar-refractivity contribution in [3.63, 3.8) is 0 Å². The van der Waals surface area contributed by atoms with Gasteiger partial charge in [0, 0.05) is 11.7 Å². The summed E-state index contributed by atoms with van der Waals surface area (Å²) in [5.41, 5.74) is 3.71. The van der Waals surface area contributed by atoms with Gasteiger partial charge in [-0.15, -0.1) is 0 Å². The second-order valence-corrected chi connectivity index (χ2v) is 8.85. The van der Waals surface area contributed by atoms with Gasteiger partial charge >= 0.3 is 0 Å². The minimum absolute atomic E-state index is 0.0590. The molecule has 5 rings (SSSR count). The zero-order valence-corrected chi connectivity index (χ0v) is 15.3. The van der Waals surface area contributed by atoms with Crippen LogP contribution in [0.5, 0.6) is 0 Å². The molecule has 4 unspecified atom stereocenters. The van der Waals surface area contributed by atoms with Gasteiger partial charge in [-0.3, -0.25) is 4.79 Å². The van der Waals surface area contributed by atoms with Gasteiger partial charge in [-0.1, -0.05) is 25.5 Å². The van der Waals surface area contributed by atoms with Crippen LogP contribution in [0.15, 0.2) is 18.2 Å². The van der Waals surface area contributed by atoms with E-state index in [2.05, 4.69) is 35.3 Å². The van der Waals surface area contributed by atoms with Crippen LogP contribution in [-0.2, 0) is 4.79 Å². The van der Waals surface area contributed by atoms with Crippen LogP contribution in [-0.4, -0.2) is 29.9 Å². The molecule has 25 heavy (non-hydrogen) atoms. The molecular formula is C22H30N2O. The number of hydrogen-bond donors (Lipinski definition) is 1. The van der Waals surface area contributed by atoms with Crippen LogP contribution in [0.1, 0.15) is 74.8 Å². The van der Waals surface area contributed by atoms with Crippen LogP contribution in [0, 0.1) is 11.8 Å². The van der Waals surface area contributed by atoms with Crippen LogP contribution in [0.2, 0.25) is 0 Å². The third-order valence-corrected chi connectivity index (χ3v) is 7.61. The first-order valence-electron chi connectivity index (χ1n) is 10.4. The normalized spacial score (nSPS) is 35.2. The van der Waals surface area contributed by atoms with Crippen LogP contribution in [0.3, 0.4) is 0 Å². The Hall–Kier alpha value is -1.35. The number of amides is 1. The molecule has 3 fully saturated rings. The maximum atomic E-state index is 12.1. The van der Waals surface area contributed by atoms with E-state index in [1.165, 1.54) is 62.7 Å². The standard InChI is InChI=1S/C22H30N2O/c1-2-18-19-6-5-16(13-20(19)23-22(18)25)15-7-9-24(10-8-15)21-12-14-3-4-17(21)11-14/h5-6,13-15,17-18,21H,2-4,7-12H2,1H3,(H,23,25). The average molecular weight is 338 g/mol. The maximum Gasteiger partial charge on any atom is 0.231 e. The lowest BCUT2D eigenvalue weighted by Gasteiger charge is -2.39. The zero-order chi connectivity index (χ0) is 17.0. The van der Waals surface area contributed by atoms with Crippen molar-refractivity contribution in [1.29, 1.82) is 0 Å². The third kappa shape index (κ3) is 2.63. The summed E-state index contributed by atoms with van der Waals surface area (Å²) in [4.78, 5) is 14.9. The van der Waals surface area contributed by atoms with E-state index in [-0.39, 0.29) is 11.8 Å². The minimum atomic E-state index is 0.0590. The van der Waals surface area contributed by atoms with E-state index in [0.717, 1.165) is 30.0 Å². The van der Waals surface area contributed by atoms with Crippen molar-refractivity contribution in [2.75, 3.05) is 18.4 Å². The van der Waals surface area contributed by atoms with E-state index in [4.69, 9.17) is 0 Å². The van der Waals surface area contributed by atoms with E-state index in [9.17, 15) is 4.79 Å². The molecule has 4 aliphatic rings. The molecule has 3 heteroatoms. The van der Waals surface area contributed by atoms with Crippen LogP contribution in [0.25, 0.3) is 0 Å². The predicted molar refractivity (Wildman–Crippen MR) is 101 cm³/mol. The number of benzene rings is 1. The SMILES string of the molecule is CCC1C(=O)Nc2cc(C3CCN(C4CC5CCC4C5)CC3)ccc21. The topological polar surface area (TPSA) is 32.3 Å². The Kier molecular flexibility index (Phi) is 3.89. The summed E-state index contributed by atoms with van der Waals surface area (Å²) >= 11 is 0. The summed E-state index contributed by atoms with van der Waals surface area (Å²) in [6, 6.07) is 7.66. The molecule has 0 aromatic heterocycles. The molecule has 1 N–H and O–H groups in total. The third-order valence-electron chi connectivity index (χ3n) is 7.61. The Morgan fingerprint density at radius 3 is 2.64 bits per heavy atom. The first kappa shape index (κ1) is 15.9. The summed E-state index contributed by atoms with van der Waals surface area (Å²) in [7, 11) is 0. The molecule has 1 aromatic rings. The lowest BCUT2D eigenvalue weighted by Crippen LogP contribution is -2.43. The van der Waals surface area contributed by atoms with Crippen LogP contribution in [0.4, 0.5) is 5.69 Å². The molecule has 1 saturated heterocycles. The summed E-state index contributed by atoms with van der Waals surface area (Å²) in [5, 5.41) is 3.10.